The van der Waals surface area contributed by atoms with Crippen LogP contribution in [0.15, 0.2) is 24.3 Å². The Morgan fingerprint density at radius 3 is 2.17 bits per heavy atom. The molecule has 1 aromatic rings. The third-order valence-corrected chi connectivity index (χ3v) is 4.79. The van der Waals surface area contributed by atoms with Gasteiger partial charge in [0.15, 0.2) is 0 Å². The van der Waals surface area contributed by atoms with Gasteiger partial charge in [0.25, 0.3) is 5.91 Å². The third kappa shape index (κ3) is 3.70. The van der Waals surface area contributed by atoms with Gasteiger partial charge in [-0.3, -0.25) is 9.59 Å². The number of hydrogen-bond donors (Lipinski definition) is 0. The molecule has 0 aliphatic carbocycles. The molecule has 0 bridgehead atoms. The molecule has 6 heteroatoms. The zero-order valence-electron chi connectivity index (χ0n) is 14.1. The number of ether oxygens (including phenoxy) is 2. The van der Waals surface area contributed by atoms with Crippen LogP contribution in [-0.2, 0) is 9.53 Å². The zero-order valence-corrected chi connectivity index (χ0v) is 14.1. The van der Waals surface area contributed by atoms with Crippen LogP contribution in [0.4, 0.5) is 0 Å². The van der Waals surface area contributed by atoms with Gasteiger partial charge in [-0.1, -0.05) is 0 Å². The average molecular weight is 332 g/mol. The van der Waals surface area contributed by atoms with Gasteiger partial charge >= 0.3 is 0 Å². The molecule has 1 aromatic carbocycles. The first-order valence-electron chi connectivity index (χ1n) is 8.49. The number of carbonyl (C=O) groups is 2. The van der Waals surface area contributed by atoms with Crippen molar-refractivity contribution in [2.45, 2.75) is 12.8 Å². The predicted octanol–water partition coefficient (Wildman–Crippen LogP) is 1.41. The van der Waals surface area contributed by atoms with Crippen LogP contribution in [0.25, 0.3) is 0 Å². The summed E-state index contributed by atoms with van der Waals surface area (Å²) in [5.41, 5.74) is 0.653. The van der Waals surface area contributed by atoms with Crippen molar-refractivity contribution in [3.05, 3.63) is 29.8 Å². The van der Waals surface area contributed by atoms with Gasteiger partial charge < -0.3 is 19.3 Å². The molecule has 0 unspecified atom stereocenters. The van der Waals surface area contributed by atoms with Gasteiger partial charge in [-0.25, -0.2) is 0 Å². The Labute approximate surface area is 142 Å². The molecule has 2 saturated heterocycles. The maximum atomic E-state index is 12.5. The van der Waals surface area contributed by atoms with E-state index < -0.39 is 0 Å². The summed E-state index contributed by atoms with van der Waals surface area (Å²) in [5, 5.41) is 0. The van der Waals surface area contributed by atoms with E-state index in [9.17, 15) is 9.59 Å². The van der Waals surface area contributed by atoms with Gasteiger partial charge in [-0.2, -0.15) is 0 Å². The quantitative estimate of drug-likeness (QED) is 0.840. The summed E-state index contributed by atoms with van der Waals surface area (Å²) in [5.74, 6) is 1.05. The van der Waals surface area contributed by atoms with Crippen LogP contribution < -0.4 is 4.74 Å². The Morgan fingerprint density at radius 2 is 1.58 bits per heavy atom. The maximum absolute atomic E-state index is 12.5. The topological polar surface area (TPSA) is 59.1 Å². The van der Waals surface area contributed by atoms with Crippen molar-refractivity contribution < 1.29 is 19.1 Å². The highest BCUT2D eigenvalue weighted by Gasteiger charge is 2.30. The van der Waals surface area contributed by atoms with Crippen LogP contribution in [0.3, 0.4) is 0 Å². The van der Waals surface area contributed by atoms with Crippen molar-refractivity contribution >= 4 is 11.8 Å². The van der Waals surface area contributed by atoms with Crippen molar-refractivity contribution in [2.75, 3.05) is 46.5 Å². The number of rotatable bonds is 3. The van der Waals surface area contributed by atoms with Crippen LogP contribution in [0.1, 0.15) is 23.2 Å². The first kappa shape index (κ1) is 16.8. The first-order valence-corrected chi connectivity index (χ1v) is 8.49. The van der Waals surface area contributed by atoms with Crippen LogP contribution in [0.5, 0.6) is 5.75 Å². The maximum Gasteiger partial charge on any atom is 0.253 e. The normalized spacial score (nSPS) is 19.2. The summed E-state index contributed by atoms with van der Waals surface area (Å²) in [6.45, 7) is 3.73. The van der Waals surface area contributed by atoms with Crippen LogP contribution in [0, 0.1) is 5.92 Å². The minimum absolute atomic E-state index is 0.0100. The highest BCUT2D eigenvalue weighted by Crippen LogP contribution is 2.19. The minimum atomic E-state index is 0.0100. The lowest BCUT2D eigenvalue weighted by atomic mass is 9.98. The van der Waals surface area contributed by atoms with E-state index in [-0.39, 0.29) is 17.7 Å². The summed E-state index contributed by atoms with van der Waals surface area (Å²) in [6, 6.07) is 7.14. The molecule has 2 amide bonds. The molecule has 0 spiro atoms. The Hall–Kier alpha value is -2.08. The fourth-order valence-corrected chi connectivity index (χ4v) is 3.25. The fourth-order valence-electron chi connectivity index (χ4n) is 3.25. The Balaban J connectivity index is 1.54. The second-order valence-electron chi connectivity index (χ2n) is 6.23. The van der Waals surface area contributed by atoms with Gasteiger partial charge in [-0.05, 0) is 37.1 Å². The fraction of sp³-hybridized carbons (Fsp3) is 0.556. The van der Waals surface area contributed by atoms with Gasteiger partial charge in [-0.15, -0.1) is 0 Å². The largest absolute Gasteiger partial charge is 0.497 e. The van der Waals surface area contributed by atoms with E-state index in [1.165, 1.54) is 0 Å². The van der Waals surface area contributed by atoms with Crippen molar-refractivity contribution in [3.8, 4) is 5.75 Å². The number of carbonyl (C=O) groups excluding carboxylic acids is 2. The monoisotopic (exact) mass is 332 g/mol. The van der Waals surface area contributed by atoms with Gasteiger partial charge in [0.1, 0.15) is 5.75 Å². The standard InChI is InChI=1S/C18H24N2O4/c1-23-16-4-2-14(3-5-16)17(21)19-8-10-20(11-9-19)18(22)15-6-12-24-13-7-15/h2-5,15H,6-13H2,1H3. The van der Waals surface area contributed by atoms with Crippen molar-refractivity contribution in [1.29, 1.82) is 0 Å². The number of benzene rings is 1. The summed E-state index contributed by atoms with van der Waals surface area (Å²) in [7, 11) is 1.60. The Morgan fingerprint density at radius 1 is 1.00 bits per heavy atom. The third-order valence-electron chi connectivity index (χ3n) is 4.79. The number of hydrogen-bond acceptors (Lipinski definition) is 4. The van der Waals surface area contributed by atoms with E-state index in [2.05, 4.69) is 0 Å². The minimum Gasteiger partial charge on any atom is -0.497 e. The summed E-state index contributed by atoms with van der Waals surface area (Å²) in [4.78, 5) is 28.8. The molecule has 24 heavy (non-hydrogen) atoms. The van der Waals surface area contributed by atoms with Crippen molar-refractivity contribution in [3.63, 3.8) is 0 Å². The van der Waals surface area contributed by atoms with Gasteiger partial charge in [0.05, 0.1) is 7.11 Å². The Kier molecular flexibility index (Phi) is 5.35. The highest BCUT2D eigenvalue weighted by atomic mass is 16.5. The van der Waals surface area contributed by atoms with Crippen molar-refractivity contribution in [2.24, 2.45) is 5.92 Å². The molecule has 130 valence electrons. The van der Waals surface area contributed by atoms with E-state index in [4.69, 9.17) is 9.47 Å². The van der Waals surface area contributed by atoms with Crippen molar-refractivity contribution in [1.82, 2.24) is 9.80 Å². The molecule has 0 saturated carbocycles. The summed E-state index contributed by atoms with van der Waals surface area (Å²) in [6.07, 6.45) is 1.62. The molecule has 0 atom stereocenters. The first-order chi connectivity index (χ1) is 11.7. The second-order valence-corrected chi connectivity index (χ2v) is 6.23. The lowest BCUT2D eigenvalue weighted by Crippen LogP contribution is -2.52. The Bertz CT molecular complexity index is 573. The van der Waals surface area contributed by atoms with Crippen LogP contribution >= 0.6 is 0 Å². The summed E-state index contributed by atoms with van der Waals surface area (Å²) >= 11 is 0. The van der Waals surface area contributed by atoms with Crippen LogP contribution in [0.2, 0.25) is 0 Å². The van der Waals surface area contributed by atoms with Crippen LogP contribution in [-0.4, -0.2) is 68.1 Å². The van der Waals surface area contributed by atoms with Gasteiger partial charge in [0.2, 0.25) is 5.91 Å². The molecular weight excluding hydrogens is 308 g/mol. The van der Waals surface area contributed by atoms with E-state index in [0.717, 1.165) is 18.6 Å². The predicted molar refractivity (Wildman–Crippen MR) is 89.0 cm³/mol. The van der Waals surface area contributed by atoms with E-state index in [1.54, 1.807) is 31.4 Å². The highest BCUT2D eigenvalue weighted by molar-refractivity contribution is 5.94. The average Bonchev–Trinajstić information content (AvgIpc) is 2.68. The van der Waals surface area contributed by atoms with E-state index >= 15 is 0 Å². The molecule has 2 fully saturated rings. The number of amides is 2. The molecule has 0 radical (unpaired) electrons. The lowest BCUT2D eigenvalue weighted by Gasteiger charge is -2.37. The molecule has 2 aliphatic rings. The number of piperazine rings is 1. The molecule has 3 rings (SSSR count). The molecule has 0 N–H and O–H groups in total. The molecule has 2 heterocycles. The number of methoxy groups -OCH3 is 1. The molecule has 6 nitrogen and oxygen atoms in total. The van der Waals surface area contributed by atoms with Gasteiger partial charge in [0, 0.05) is 50.9 Å². The second kappa shape index (κ2) is 7.66. The SMILES string of the molecule is COc1ccc(C(=O)N2CCN(C(=O)C3CCOCC3)CC2)cc1. The lowest BCUT2D eigenvalue weighted by molar-refractivity contribution is -0.140. The number of nitrogens with zero attached hydrogens (tertiary/aromatic N) is 2. The van der Waals surface area contributed by atoms with E-state index in [1.807, 2.05) is 9.80 Å². The smallest absolute Gasteiger partial charge is 0.253 e. The van der Waals surface area contributed by atoms with E-state index in [0.29, 0.717) is 45.0 Å². The molecule has 0 aromatic heterocycles. The molecule has 2 aliphatic heterocycles. The zero-order chi connectivity index (χ0) is 16.9. The summed E-state index contributed by atoms with van der Waals surface area (Å²) < 4.78 is 10.4. The molecular formula is C18H24N2O4.